The van der Waals surface area contributed by atoms with Crippen molar-refractivity contribution in [2.45, 2.75) is 39.2 Å². The summed E-state index contributed by atoms with van der Waals surface area (Å²) in [5.74, 6) is 2.31. The van der Waals surface area contributed by atoms with E-state index < -0.39 is 0 Å². The van der Waals surface area contributed by atoms with Crippen LogP contribution < -0.4 is 0 Å². The maximum Gasteiger partial charge on any atom is 0.177 e. The number of fused-ring (bicyclic) bond motifs is 1. The number of pyridine rings is 1. The average Bonchev–Trinajstić information content (AvgIpc) is 3.28. The van der Waals surface area contributed by atoms with Crippen molar-refractivity contribution >= 4 is 11.2 Å². The lowest BCUT2D eigenvalue weighted by Gasteiger charge is -2.22. The smallest absolute Gasteiger partial charge is 0.177 e. The van der Waals surface area contributed by atoms with Crippen molar-refractivity contribution in [2.24, 2.45) is 0 Å². The Morgan fingerprint density at radius 2 is 1.90 bits per heavy atom. The van der Waals surface area contributed by atoms with E-state index in [0.717, 1.165) is 72.2 Å². The molecule has 148 valence electrons. The lowest BCUT2D eigenvalue weighted by Crippen LogP contribution is -2.18. The molecule has 1 fully saturated rings. The molecule has 0 amide bonds. The molecule has 1 saturated heterocycles. The minimum absolute atomic E-state index is 0.393. The van der Waals surface area contributed by atoms with Gasteiger partial charge in [-0.2, -0.15) is 0 Å². The molecule has 6 nitrogen and oxygen atoms in total. The van der Waals surface area contributed by atoms with Gasteiger partial charge in [-0.05, 0) is 38.3 Å². The second kappa shape index (κ2) is 7.44. The third-order valence-corrected chi connectivity index (χ3v) is 5.73. The van der Waals surface area contributed by atoms with Crippen molar-refractivity contribution in [3.05, 3.63) is 65.4 Å². The molecule has 0 atom stereocenters. The Hall–Kier alpha value is -2.99. The minimum atomic E-state index is 0.393. The fraction of sp³-hybridized carbons (Fsp3) is 0.348. The highest BCUT2D eigenvalue weighted by atomic mass is 16.5. The van der Waals surface area contributed by atoms with Crippen LogP contribution in [-0.4, -0.2) is 32.9 Å². The molecule has 0 bridgehead atoms. The first kappa shape index (κ1) is 18.1. The monoisotopic (exact) mass is 388 g/mol. The van der Waals surface area contributed by atoms with Crippen LogP contribution in [0.4, 0.5) is 0 Å². The summed E-state index contributed by atoms with van der Waals surface area (Å²) in [5.41, 5.74) is 6.00. The first-order valence-electron chi connectivity index (χ1n) is 10.1. The van der Waals surface area contributed by atoms with Crippen molar-refractivity contribution in [1.82, 2.24) is 19.7 Å². The number of aryl methyl sites for hydroxylation is 2. The Kier molecular flexibility index (Phi) is 4.64. The van der Waals surface area contributed by atoms with Crippen molar-refractivity contribution in [2.75, 3.05) is 13.2 Å². The van der Waals surface area contributed by atoms with Crippen LogP contribution in [0.15, 0.2) is 47.1 Å². The summed E-state index contributed by atoms with van der Waals surface area (Å²) in [4.78, 5) is 9.66. The van der Waals surface area contributed by atoms with Gasteiger partial charge in [0.2, 0.25) is 0 Å². The molecule has 29 heavy (non-hydrogen) atoms. The molecule has 5 rings (SSSR count). The van der Waals surface area contributed by atoms with Gasteiger partial charge in [0, 0.05) is 43.0 Å². The summed E-state index contributed by atoms with van der Waals surface area (Å²) in [6.45, 7) is 6.25. The largest absolute Gasteiger partial charge is 0.381 e. The number of imidazole rings is 1. The van der Waals surface area contributed by atoms with Gasteiger partial charge in [0.1, 0.15) is 11.6 Å². The van der Waals surface area contributed by atoms with E-state index in [2.05, 4.69) is 40.1 Å². The first-order valence-corrected chi connectivity index (χ1v) is 10.1. The molecule has 1 aromatic carbocycles. The van der Waals surface area contributed by atoms with Crippen LogP contribution in [0.3, 0.4) is 0 Å². The van der Waals surface area contributed by atoms with Crippen LogP contribution in [0.5, 0.6) is 0 Å². The van der Waals surface area contributed by atoms with Gasteiger partial charge in [-0.3, -0.25) is 0 Å². The molecular formula is C23H24N4O2. The standard InChI is InChI=1S/C23H24N4O2/c1-15-21(16(2)29-26-15)19-12-20-22(24-13-19)25-23(18-8-10-28-11-9-18)27(20)14-17-6-4-3-5-7-17/h3-7,12-13,18H,8-11,14H2,1-2H3. The zero-order chi connectivity index (χ0) is 19.8. The number of rotatable bonds is 4. The Labute approximate surface area is 169 Å². The molecule has 1 aliphatic rings. The normalized spacial score (nSPS) is 15.2. The lowest BCUT2D eigenvalue weighted by molar-refractivity contribution is 0.0830. The van der Waals surface area contributed by atoms with Gasteiger partial charge < -0.3 is 13.8 Å². The average molecular weight is 388 g/mol. The number of nitrogens with zero attached hydrogens (tertiary/aromatic N) is 4. The maximum absolute atomic E-state index is 5.58. The fourth-order valence-corrected chi connectivity index (χ4v) is 4.25. The lowest BCUT2D eigenvalue weighted by atomic mass is 9.99. The second-order valence-corrected chi connectivity index (χ2v) is 7.69. The Morgan fingerprint density at radius 1 is 1.10 bits per heavy atom. The number of ether oxygens (including phenoxy) is 1. The topological polar surface area (TPSA) is 66.0 Å². The summed E-state index contributed by atoms with van der Waals surface area (Å²) in [5, 5.41) is 4.10. The summed E-state index contributed by atoms with van der Waals surface area (Å²) < 4.78 is 13.3. The Morgan fingerprint density at radius 3 is 2.62 bits per heavy atom. The highest BCUT2D eigenvalue weighted by molar-refractivity contribution is 5.80. The predicted molar refractivity (Wildman–Crippen MR) is 111 cm³/mol. The van der Waals surface area contributed by atoms with Gasteiger partial charge in [-0.1, -0.05) is 35.5 Å². The van der Waals surface area contributed by atoms with Crippen LogP contribution in [0, 0.1) is 13.8 Å². The summed E-state index contributed by atoms with van der Waals surface area (Å²) >= 11 is 0. The van der Waals surface area contributed by atoms with Crippen molar-refractivity contribution < 1.29 is 9.26 Å². The number of aromatic nitrogens is 4. The minimum Gasteiger partial charge on any atom is -0.381 e. The van der Waals surface area contributed by atoms with Crippen LogP contribution in [0.25, 0.3) is 22.3 Å². The van der Waals surface area contributed by atoms with E-state index in [9.17, 15) is 0 Å². The number of hydrogen-bond donors (Lipinski definition) is 0. The predicted octanol–water partition coefficient (Wildman–Crippen LogP) is 4.65. The molecule has 4 aromatic rings. The van der Waals surface area contributed by atoms with Gasteiger partial charge in [-0.25, -0.2) is 9.97 Å². The van der Waals surface area contributed by atoms with E-state index in [1.807, 2.05) is 26.1 Å². The molecule has 0 spiro atoms. The third kappa shape index (κ3) is 3.34. The van der Waals surface area contributed by atoms with Crippen molar-refractivity contribution in [3.8, 4) is 11.1 Å². The van der Waals surface area contributed by atoms with E-state index in [-0.39, 0.29) is 0 Å². The van der Waals surface area contributed by atoms with Gasteiger partial charge >= 0.3 is 0 Å². The zero-order valence-corrected chi connectivity index (χ0v) is 16.8. The SMILES string of the molecule is Cc1noc(C)c1-c1cnc2nc(C3CCOCC3)n(Cc3ccccc3)c2c1. The van der Waals surface area contributed by atoms with E-state index in [0.29, 0.717) is 5.92 Å². The van der Waals surface area contributed by atoms with Gasteiger partial charge in [0.15, 0.2) is 5.65 Å². The van der Waals surface area contributed by atoms with E-state index in [4.69, 9.17) is 19.2 Å². The molecule has 0 saturated carbocycles. The highest BCUT2D eigenvalue weighted by Crippen LogP contribution is 2.33. The van der Waals surface area contributed by atoms with Gasteiger partial charge in [0.25, 0.3) is 0 Å². The first-order chi connectivity index (χ1) is 14.2. The summed E-state index contributed by atoms with van der Waals surface area (Å²) in [6.07, 6.45) is 3.87. The number of hydrogen-bond acceptors (Lipinski definition) is 5. The molecule has 6 heteroatoms. The van der Waals surface area contributed by atoms with Crippen LogP contribution in [0.1, 0.15) is 41.6 Å². The molecule has 4 heterocycles. The number of benzene rings is 1. The molecule has 1 aliphatic heterocycles. The van der Waals surface area contributed by atoms with E-state index in [1.54, 1.807) is 0 Å². The van der Waals surface area contributed by atoms with Gasteiger partial charge in [0.05, 0.1) is 11.2 Å². The van der Waals surface area contributed by atoms with Crippen LogP contribution in [-0.2, 0) is 11.3 Å². The molecule has 3 aromatic heterocycles. The summed E-state index contributed by atoms with van der Waals surface area (Å²) in [6, 6.07) is 12.7. The molecule has 0 unspecified atom stereocenters. The van der Waals surface area contributed by atoms with Crippen molar-refractivity contribution in [1.29, 1.82) is 0 Å². The Bertz CT molecular complexity index is 1120. The highest BCUT2D eigenvalue weighted by Gasteiger charge is 2.24. The quantitative estimate of drug-likeness (QED) is 0.509. The van der Waals surface area contributed by atoms with E-state index in [1.165, 1.54) is 5.56 Å². The van der Waals surface area contributed by atoms with Gasteiger partial charge in [-0.15, -0.1) is 0 Å². The summed E-state index contributed by atoms with van der Waals surface area (Å²) in [7, 11) is 0. The maximum atomic E-state index is 5.58. The van der Waals surface area contributed by atoms with Crippen molar-refractivity contribution in [3.63, 3.8) is 0 Å². The van der Waals surface area contributed by atoms with Crippen LogP contribution in [0.2, 0.25) is 0 Å². The molecular weight excluding hydrogens is 364 g/mol. The third-order valence-electron chi connectivity index (χ3n) is 5.73. The second-order valence-electron chi connectivity index (χ2n) is 7.69. The Balaban J connectivity index is 1.66. The van der Waals surface area contributed by atoms with Crippen LogP contribution >= 0.6 is 0 Å². The van der Waals surface area contributed by atoms with E-state index >= 15 is 0 Å². The molecule has 0 N–H and O–H groups in total. The molecule has 0 radical (unpaired) electrons. The fourth-order valence-electron chi connectivity index (χ4n) is 4.25. The zero-order valence-electron chi connectivity index (χ0n) is 16.8. The molecule has 0 aliphatic carbocycles.